The maximum atomic E-state index is 11.3. The molecule has 0 radical (unpaired) electrons. The van der Waals surface area contributed by atoms with Crippen molar-refractivity contribution < 1.29 is 14.3 Å². The van der Waals surface area contributed by atoms with Gasteiger partial charge in [-0.2, -0.15) is 5.26 Å². The van der Waals surface area contributed by atoms with Crippen LogP contribution < -0.4 is 4.74 Å². The van der Waals surface area contributed by atoms with Crippen LogP contribution in [0.25, 0.3) is 5.57 Å². The Bertz CT molecular complexity index is 994. The summed E-state index contributed by atoms with van der Waals surface area (Å²) in [6.45, 7) is 6.52. The third-order valence-electron chi connectivity index (χ3n) is 4.56. The first kappa shape index (κ1) is 23.9. The van der Waals surface area contributed by atoms with Gasteiger partial charge in [0, 0.05) is 26.9 Å². The fraction of sp³-hybridized carbons (Fsp3) is 0.333. The van der Waals surface area contributed by atoms with E-state index in [0.29, 0.717) is 25.9 Å². The van der Waals surface area contributed by atoms with E-state index >= 15 is 0 Å². The van der Waals surface area contributed by atoms with E-state index in [0.717, 1.165) is 42.9 Å². The van der Waals surface area contributed by atoms with Crippen LogP contribution in [0.2, 0.25) is 0 Å². The highest BCUT2D eigenvalue weighted by atomic mass is 79.9. The molecule has 2 aromatic rings. The first-order valence-electron chi connectivity index (χ1n) is 9.72. The molecule has 0 aliphatic rings. The topological polar surface area (TPSA) is 59.3 Å². The van der Waals surface area contributed by atoms with Crippen LogP contribution in [0.3, 0.4) is 0 Å². The first-order chi connectivity index (χ1) is 14.4. The molecule has 0 N–H and O–H groups in total. The number of esters is 1. The van der Waals surface area contributed by atoms with E-state index in [1.807, 2.05) is 37.3 Å². The van der Waals surface area contributed by atoms with Crippen LogP contribution in [0, 0.1) is 11.3 Å². The molecule has 1 aromatic carbocycles. The van der Waals surface area contributed by atoms with Gasteiger partial charge in [-0.1, -0.05) is 24.6 Å². The Morgan fingerprint density at radius 2 is 2.10 bits per heavy atom. The van der Waals surface area contributed by atoms with Crippen LogP contribution in [0.4, 0.5) is 0 Å². The van der Waals surface area contributed by atoms with Gasteiger partial charge in [0.25, 0.3) is 0 Å². The average Bonchev–Trinajstić information content (AvgIpc) is 3.11. The summed E-state index contributed by atoms with van der Waals surface area (Å²) in [6.07, 6.45) is 3.64. The predicted octanol–water partition coefficient (Wildman–Crippen LogP) is 6.85. The van der Waals surface area contributed by atoms with Gasteiger partial charge in [-0.3, -0.25) is 4.79 Å². The van der Waals surface area contributed by atoms with Gasteiger partial charge in [0.05, 0.1) is 13.2 Å². The molecular weight excluding hydrogens is 462 g/mol. The predicted molar refractivity (Wildman–Crippen MR) is 125 cm³/mol. The number of aryl methyl sites for hydroxylation is 1. The average molecular weight is 488 g/mol. The number of rotatable bonds is 9. The summed E-state index contributed by atoms with van der Waals surface area (Å²) in [7, 11) is 1.40. The van der Waals surface area contributed by atoms with E-state index < -0.39 is 0 Å². The lowest BCUT2D eigenvalue weighted by atomic mass is 10.0. The van der Waals surface area contributed by atoms with E-state index in [1.54, 1.807) is 11.3 Å². The van der Waals surface area contributed by atoms with Crippen molar-refractivity contribution in [2.45, 2.75) is 46.6 Å². The number of nitrogens with zero attached hydrogens (tertiary/aromatic N) is 1. The molecule has 4 nitrogen and oxygen atoms in total. The standard InChI is InChI=1S/C24H26BrNO3S/c1-5-17(13-26)12-21(16(2)3)24-23(25)19(15-30-24)14-29-20-8-6-7-18(11-20)9-10-22(27)28-4/h6-8,11-12,15H,5,9-10,14H2,1-4H3/b17-12+. The number of halogens is 1. The Hall–Kier alpha value is -2.36. The van der Waals surface area contributed by atoms with Crippen LogP contribution in [0.1, 0.15) is 49.6 Å². The summed E-state index contributed by atoms with van der Waals surface area (Å²) in [4.78, 5) is 12.4. The highest BCUT2D eigenvalue weighted by molar-refractivity contribution is 9.10. The van der Waals surface area contributed by atoms with Crippen LogP contribution in [-0.4, -0.2) is 13.1 Å². The molecule has 0 aliphatic heterocycles. The molecule has 30 heavy (non-hydrogen) atoms. The Labute approximate surface area is 191 Å². The van der Waals surface area contributed by atoms with E-state index in [9.17, 15) is 10.1 Å². The van der Waals surface area contributed by atoms with Crippen molar-refractivity contribution in [1.29, 1.82) is 5.26 Å². The molecule has 0 atom stereocenters. The third-order valence-corrected chi connectivity index (χ3v) is 6.80. The second kappa shape index (κ2) is 11.7. The SMILES string of the molecule is CC/C(C#N)=C\C(=C(C)C)c1scc(COc2cccc(CCC(=O)OC)c2)c1Br. The highest BCUT2D eigenvalue weighted by Crippen LogP contribution is 2.37. The summed E-state index contributed by atoms with van der Waals surface area (Å²) in [5.74, 6) is 0.542. The van der Waals surface area contributed by atoms with Gasteiger partial charge in [-0.05, 0) is 77.3 Å². The van der Waals surface area contributed by atoms with E-state index in [4.69, 9.17) is 9.47 Å². The van der Waals surface area contributed by atoms with Crippen molar-refractivity contribution in [3.05, 3.63) is 67.3 Å². The van der Waals surface area contributed by atoms with Gasteiger partial charge >= 0.3 is 5.97 Å². The van der Waals surface area contributed by atoms with E-state index in [2.05, 4.69) is 41.2 Å². The fourth-order valence-electron chi connectivity index (χ4n) is 2.78. The largest absolute Gasteiger partial charge is 0.489 e. The molecule has 0 fully saturated rings. The molecule has 0 saturated heterocycles. The summed E-state index contributed by atoms with van der Waals surface area (Å²) < 4.78 is 11.7. The zero-order valence-corrected chi connectivity index (χ0v) is 20.2. The van der Waals surface area contributed by atoms with Crippen molar-refractivity contribution in [1.82, 2.24) is 0 Å². The minimum Gasteiger partial charge on any atom is -0.489 e. The van der Waals surface area contributed by atoms with Crippen molar-refractivity contribution in [3.63, 3.8) is 0 Å². The van der Waals surface area contributed by atoms with Crippen molar-refractivity contribution in [2.75, 3.05) is 7.11 Å². The number of methoxy groups -OCH3 is 1. The molecule has 6 heteroatoms. The molecule has 0 bridgehead atoms. The molecular formula is C24H26BrNO3S. The number of hydrogen-bond donors (Lipinski definition) is 0. The van der Waals surface area contributed by atoms with Crippen LogP contribution in [0.15, 0.2) is 51.3 Å². The number of allylic oxidation sites excluding steroid dienone is 4. The normalized spacial score (nSPS) is 11.0. The summed E-state index contributed by atoms with van der Waals surface area (Å²) in [5, 5.41) is 11.4. The molecule has 0 unspecified atom stereocenters. The second-order valence-electron chi connectivity index (χ2n) is 6.96. The van der Waals surface area contributed by atoms with Crippen LogP contribution in [-0.2, 0) is 22.6 Å². The lowest BCUT2D eigenvalue weighted by Gasteiger charge is -2.09. The number of benzene rings is 1. The third kappa shape index (κ3) is 6.58. The molecule has 158 valence electrons. The smallest absolute Gasteiger partial charge is 0.305 e. The molecule has 0 spiro atoms. The van der Waals surface area contributed by atoms with Gasteiger partial charge in [0.1, 0.15) is 12.4 Å². The van der Waals surface area contributed by atoms with Gasteiger partial charge in [-0.15, -0.1) is 11.3 Å². The lowest BCUT2D eigenvalue weighted by molar-refractivity contribution is -0.140. The lowest BCUT2D eigenvalue weighted by Crippen LogP contribution is -2.02. The molecule has 1 aromatic heterocycles. The molecule has 0 amide bonds. The Kier molecular flexibility index (Phi) is 9.35. The number of carbonyl (C=O) groups is 1. The van der Waals surface area contributed by atoms with Crippen molar-refractivity contribution in [3.8, 4) is 11.8 Å². The number of hydrogen-bond acceptors (Lipinski definition) is 5. The molecule has 2 rings (SSSR count). The van der Waals surface area contributed by atoms with E-state index in [1.165, 1.54) is 7.11 Å². The number of nitriles is 1. The van der Waals surface area contributed by atoms with Gasteiger partial charge in [0.15, 0.2) is 0 Å². The minimum atomic E-state index is -0.220. The van der Waals surface area contributed by atoms with Gasteiger partial charge < -0.3 is 9.47 Å². The molecule has 1 heterocycles. The maximum absolute atomic E-state index is 11.3. The summed E-state index contributed by atoms with van der Waals surface area (Å²) in [6, 6.07) is 10.0. The zero-order chi connectivity index (χ0) is 22.1. The van der Waals surface area contributed by atoms with Crippen LogP contribution in [0.5, 0.6) is 5.75 Å². The summed E-state index contributed by atoms with van der Waals surface area (Å²) >= 11 is 5.36. The first-order valence-corrected chi connectivity index (χ1v) is 11.4. The summed E-state index contributed by atoms with van der Waals surface area (Å²) in [5.41, 5.74) is 5.07. The monoisotopic (exact) mass is 487 g/mol. The van der Waals surface area contributed by atoms with Gasteiger partial charge in [0.2, 0.25) is 0 Å². The zero-order valence-electron chi connectivity index (χ0n) is 17.8. The number of carbonyl (C=O) groups excluding carboxylic acids is 1. The van der Waals surface area contributed by atoms with Crippen molar-refractivity contribution >= 4 is 38.8 Å². The van der Waals surface area contributed by atoms with E-state index in [-0.39, 0.29) is 5.97 Å². The number of ether oxygens (including phenoxy) is 2. The molecule has 0 aliphatic carbocycles. The minimum absolute atomic E-state index is 0.220. The van der Waals surface area contributed by atoms with Crippen molar-refractivity contribution in [2.24, 2.45) is 0 Å². The second-order valence-corrected chi connectivity index (χ2v) is 8.64. The highest BCUT2D eigenvalue weighted by Gasteiger charge is 2.14. The van der Waals surface area contributed by atoms with Gasteiger partial charge in [-0.25, -0.2) is 0 Å². The maximum Gasteiger partial charge on any atom is 0.305 e. The Balaban J connectivity index is 2.14. The Morgan fingerprint density at radius 3 is 2.73 bits per heavy atom. The Morgan fingerprint density at radius 1 is 1.33 bits per heavy atom. The number of thiophene rings is 1. The quantitative estimate of drug-likeness (QED) is 0.220. The fourth-order valence-corrected chi connectivity index (χ4v) is 4.73. The van der Waals surface area contributed by atoms with Crippen LogP contribution >= 0.6 is 27.3 Å². The molecule has 0 saturated carbocycles.